The van der Waals surface area contributed by atoms with Crippen LogP contribution in [0.25, 0.3) is 10.9 Å². The molecule has 140 valence electrons. The van der Waals surface area contributed by atoms with Crippen molar-refractivity contribution in [1.82, 2.24) is 4.57 Å². The molecule has 5 heteroatoms. The van der Waals surface area contributed by atoms with E-state index in [0.29, 0.717) is 5.69 Å². The number of aliphatic imine (C=N–C) groups is 1. The van der Waals surface area contributed by atoms with Gasteiger partial charge in [-0.05, 0) is 35.9 Å². The maximum Gasteiger partial charge on any atom is 0.416 e. The van der Waals surface area contributed by atoms with Crippen LogP contribution in [0.5, 0.6) is 0 Å². The fourth-order valence-corrected chi connectivity index (χ4v) is 3.17. The fourth-order valence-electron chi connectivity index (χ4n) is 3.17. The Labute approximate surface area is 160 Å². The van der Waals surface area contributed by atoms with Gasteiger partial charge in [0.15, 0.2) is 0 Å². The lowest BCUT2D eigenvalue weighted by molar-refractivity contribution is -0.137. The van der Waals surface area contributed by atoms with Crippen molar-refractivity contribution in [2.45, 2.75) is 12.7 Å². The molecule has 1 aromatic heterocycles. The van der Waals surface area contributed by atoms with Crippen LogP contribution in [0, 0.1) is 0 Å². The number of alkyl halides is 3. The Morgan fingerprint density at radius 1 is 0.821 bits per heavy atom. The Balaban J connectivity index is 1.64. The summed E-state index contributed by atoms with van der Waals surface area (Å²) in [5.41, 5.74) is 3.00. The van der Waals surface area contributed by atoms with Gasteiger partial charge in [0, 0.05) is 35.4 Å². The topological polar surface area (TPSA) is 17.3 Å². The molecule has 0 atom stereocenters. The van der Waals surface area contributed by atoms with Gasteiger partial charge in [0.1, 0.15) is 0 Å². The van der Waals surface area contributed by atoms with Gasteiger partial charge < -0.3 is 4.57 Å². The Morgan fingerprint density at radius 3 is 2.21 bits per heavy atom. The van der Waals surface area contributed by atoms with Gasteiger partial charge in [-0.15, -0.1) is 0 Å². The van der Waals surface area contributed by atoms with Crippen molar-refractivity contribution in [3.8, 4) is 0 Å². The van der Waals surface area contributed by atoms with E-state index in [1.807, 2.05) is 48.7 Å². The summed E-state index contributed by atoms with van der Waals surface area (Å²) in [5, 5.41) is 1.05. The lowest BCUT2D eigenvalue weighted by atomic mass is 10.2. The zero-order valence-electron chi connectivity index (χ0n) is 14.9. The molecule has 28 heavy (non-hydrogen) atoms. The second-order valence-corrected chi connectivity index (χ2v) is 6.52. The molecule has 0 fully saturated rings. The predicted molar refractivity (Wildman–Crippen MR) is 106 cm³/mol. The van der Waals surface area contributed by atoms with Crippen molar-refractivity contribution in [3.63, 3.8) is 0 Å². The van der Waals surface area contributed by atoms with Gasteiger partial charge in [0.2, 0.25) is 0 Å². The lowest BCUT2D eigenvalue weighted by Crippen LogP contribution is -2.03. The van der Waals surface area contributed by atoms with E-state index in [4.69, 9.17) is 0 Å². The molecule has 1 heterocycles. The van der Waals surface area contributed by atoms with Gasteiger partial charge in [-0.3, -0.25) is 4.99 Å². The summed E-state index contributed by atoms with van der Waals surface area (Å²) in [4.78, 5) is 4.36. The number of para-hydroxylation sites is 1. The lowest BCUT2D eigenvalue weighted by Gasteiger charge is -2.05. The van der Waals surface area contributed by atoms with Gasteiger partial charge >= 0.3 is 6.18 Å². The molecule has 0 saturated heterocycles. The Bertz CT molecular complexity index is 1110. The number of hydrogen-bond acceptors (Lipinski definition) is 1. The number of aromatic nitrogens is 1. The van der Waals surface area contributed by atoms with Crippen molar-refractivity contribution in [1.29, 1.82) is 0 Å². The first-order valence-electron chi connectivity index (χ1n) is 8.84. The van der Waals surface area contributed by atoms with E-state index in [9.17, 15) is 13.2 Å². The van der Waals surface area contributed by atoms with E-state index in [1.54, 1.807) is 6.21 Å². The first-order chi connectivity index (χ1) is 13.5. The maximum atomic E-state index is 12.7. The van der Waals surface area contributed by atoms with Crippen LogP contribution in [0.15, 0.2) is 90.1 Å². The second kappa shape index (κ2) is 7.35. The number of rotatable bonds is 4. The quantitative estimate of drug-likeness (QED) is 0.363. The number of benzene rings is 3. The minimum absolute atomic E-state index is 0.480. The Kier molecular flexibility index (Phi) is 4.74. The highest BCUT2D eigenvalue weighted by atomic mass is 19.4. The number of fused-ring (bicyclic) bond motifs is 1. The molecular formula is C23H17F3N2. The molecule has 0 saturated carbocycles. The van der Waals surface area contributed by atoms with Crippen LogP contribution in [0.4, 0.5) is 18.9 Å². The van der Waals surface area contributed by atoms with Crippen molar-refractivity contribution in [2.75, 3.05) is 0 Å². The molecule has 0 spiro atoms. The first kappa shape index (κ1) is 18.0. The zero-order valence-corrected chi connectivity index (χ0v) is 14.9. The summed E-state index contributed by atoms with van der Waals surface area (Å²) >= 11 is 0. The average Bonchev–Trinajstić information content (AvgIpc) is 3.05. The second-order valence-electron chi connectivity index (χ2n) is 6.52. The molecule has 0 unspecified atom stereocenters. The van der Waals surface area contributed by atoms with Crippen LogP contribution in [0.2, 0.25) is 0 Å². The molecule has 4 rings (SSSR count). The molecule has 4 aromatic rings. The summed E-state index contributed by atoms with van der Waals surface area (Å²) in [7, 11) is 0. The zero-order chi connectivity index (χ0) is 19.6. The Morgan fingerprint density at radius 2 is 1.50 bits per heavy atom. The summed E-state index contributed by atoms with van der Waals surface area (Å²) in [6.45, 7) is 0.732. The minimum atomic E-state index is -4.34. The van der Waals surface area contributed by atoms with E-state index in [-0.39, 0.29) is 0 Å². The molecular weight excluding hydrogens is 361 g/mol. The van der Waals surface area contributed by atoms with E-state index in [0.717, 1.165) is 35.1 Å². The fraction of sp³-hybridized carbons (Fsp3) is 0.0870. The van der Waals surface area contributed by atoms with E-state index < -0.39 is 11.7 Å². The first-order valence-corrected chi connectivity index (χ1v) is 8.84. The van der Waals surface area contributed by atoms with Crippen molar-refractivity contribution < 1.29 is 13.2 Å². The average molecular weight is 378 g/mol. The Hall–Kier alpha value is -3.34. The summed E-state index contributed by atoms with van der Waals surface area (Å²) in [6, 6.07) is 23.0. The summed E-state index contributed by atoms with van der Waals surface area (Å²) in [6.07, 6.45) is -0.620. The molecule has 2 nitrogen and oxygen atoms in total. The van der Waals surface area contributed by atoms with Crippen LogP contribution < -0.4 is 0 Å². The van der Waals surface area contributed by atoms with E-state index in [2.05, 4.69) is 21.7 Å². The van der Waals surface area contributed by atoms with E-state index >= 15 is 0 Å². The number of hydrogen-bond donors (Lipinski definition) is 0. The van der Waals surface area contributed by atoms with Crippen molar-refractivity contribution >= 4 is 22.8 Å². The third kappa shape index (κ3) is 3.83. The molecule has 0 N–H and O–H groups in total. The third-order valence-corrected chi connectivity index (χ3v) is 4.56. The molecule has 0 bridgehead atoms. The molecule has 3 aromatic carbocycles. The third-order valence-electron chi connectivity index (χ3n) is 4.56. The van der Waals surface area contributed by atoms with Crippen LogP contribution >= 0.6 is 0 Å². The molecule has 0 aliphatic carbocycles. The summed E-state index contributed by atoms with van der Waals surface area (Å²) in [5.74, 6) is 0. The molecule has 0 aliphatic rings. The summed E-state index contributed by atoms with van der Waals surface area (Å²) < 4.78 is 40.2. The normalized spacial score (nSPS) is 12.1. The number of halogens is 3. The van der Waals surface area contributed by atoms with Gasteiger partial charge in [0.25, 0.3) is 0 Å². The smallest absolute Gasteiger partial charge is 0.342 e. The number of nitrogens with zero attached hydrogens (tertiary/aromatic N) is 2. The van der Waals surface area contributed by atoms with Gasteiger partial charge in [-0.25, -0.2) is 0 Å². The van der Waals surface area contributed by atoms with E-state index in [1.165, 1.54) is 17.7 Å². The van der Waals surface area contributed by atoms with Crippen LogP contribution in [-0.2, 0) is 12.7 Å². The highest BCUT2D eigenvalue weighted by Gasteiger charge is 2.29. The van der Waals surface area contributed by atoms with Crippen LogP contribution in [-0.4, -0.2) is 10.8 Å². The monoisotopic (exact) mass is 378 g/mol. The van der Waals surface area contributed by atoms with Gasteiger partial charge in [-0.2, -0.15) is 13.2 Å². The van der Waals surface area contributed by atoms with Crippen LogP contribution in [0.1, 0.15) is 16.7 Å². The van der Waals surface area contributed by atoms with Crippen molar-refractivity contribution in [2.24, 2.45) is 4.99 Å². The maximum absolute atomic E-state index is 12.7. The SMILES string of the molecule is FC(F)(F)c1ccc(N=Cc2cn(Cc3ccccc3)c3ccccc23)cc1. The molecule has 0 radical (unpaired) electrons. The molecule has 0 amide bonds. The highest BCUT2D eigenvalue weighted by Crippen LogP contribution is 2.30. The van der Waals surface area contributed by atoms with Crippen molar-refractivity contribution in [3.05, 3.63) is 102 Å². The standard InChI is InChI=1S/C23H17F3N2/c24-23(25,26)19-10-12-20(13-11-19)27-14-18-16-28(15-17-6-2-1-3-7-17)22-9-5-4-8-21(18)22/h1-14,16H,15H2. The largest absolute Gasteiger partial charge is 0.416 e. The highest BCUT2D eigenvalue weighted by molar-refractivity contribution is 6.00. The minimum Gasteiger partial charge on any atom is -0.342 e. The predicted octanol–water partition coefficient (Wildman–Crippen LogP) is 6.46. The van der Waals surface area contributed by atoms with Crippen LogP contribution in [0.3, 0.4) is 0 Å². The van der Waals surface area contributed by atoms with Gasteiger partial charge in [0.05, 0.1) is 11.3 Å². The molecule has 0 aliphatic heterocycles. The van der Waals surface area contributed by atoms with Gasteiger partial charge in [-0.1, -0.05) is 48.5 Å².